The number of hydrogen-bond donors (Lipinski definition) is 1. The van der Waals surface area contributed by atoms with E-state index in [9.17, 15) is 13.2 Å². The van der Waals surface area contributed by atoms with E-state index in [1.165, 1.54) is 6.07 Å². The van der Waals surface area contributed by atoms with Gasteiger partial charge in [-0.25, -0.2) is 0 Å². The Bertz CT molecular complexity index is 334. The van der Waals surface area contributed by atoms with Crippen molar-refractivity contribution in [3.63, 3.8) is 0 Å². The summed E-state index contributed by atoms with van der Waals surface area (Å²) in [5.41, 5.74) is -1.36. The first-order valence-corrected chi connectivity index (χ1v) is 3.60. The Morgan fingerprint density at radius 3 is 2.42 bits per heavy atom. The summed E-state index contributed by atoms with van der Waals surface area (Å²) in [7, 11) is 0. The van der Waals surface area contributed by atoms with Crippen molar-refractivity contribution < 1.29 is 13.2 Å². The Kier molecular flexibility index (Phi) is 2.15. The number of nitrogens with zero attached hydrogens (tertiary/aromatic N) is 1. The second kappa shape index (κ2) is 2.83. The van der Waals surface area contributed by atoms with Crippen LogP contribution in [0.5, 0.6) is 0 Å². The summed E-state index contributed by atoms with van der Waals surface area (Å²) in [6.45, 7) is 0. The van der Waals surface area contributed by atoms with Gasteiger partial charge in [0.25, 0.3) is 0 Å². The molecule has 0 fully saturated rings. The van der Waals surface area contributed by atoms with Gasteiger partial charge in [-0.05, 0) is 15.9 Å². The van der Waals surface area contributed by atoms with Crippen molar-refractivity contribution in [1.29, 1.82) is 5.26 Å². The highest BCUT2D eigenvalue weighted by Gasteiger charge is 2.35. The van der Waals surface area contributed by atoms with E-state index in [0.717, 1.165) is 6.20 Å². The predicted octanol–water partition coefficient (Wildman–Crippen LogP) is 2.67. The summed E-state index contributed by atoms with van der Waals surface area (Å²) in [5, 5.41) is 8.35. The highest BCUT2D eigenvalue weighted by Crippen LogP contribution is 2.34. The number of halogens is 4. The molecule has 0 unspecified atom stereocenters. The van der Waals surface area contributed by atoms with Crippen LogP contribution < -0.4 is 0 Å². The van der Waals surface area contributed by atoms with Crippen molar-refractivity contribution in [3.05, 3.63) is 21.9 Å². The Hall–Kier alpha value is -0.960. The van der Waals surface area contributed by atoms with Crippen LogP contribution in [-0.4, -0.2) is 4.98 Å². The third-order valence-electron chi connectivity index (χ3n) is 1.25. The zero-order chi connectivity index (χ0) is 9.35. The number of nitriles is 1. The monoisotopic (exact) mass is 238 g/mol. The van der Waals surface area contributed by atoms with Gasteiger partial charge in [0.1, 0.15) is 10.7 Å². The molecule has 0 atom stereocenters. The van der Waals surface area contributed by atoms with E-state index in [0.29, 0.717) is 0 Å². The molecule has 0 saturated carbocycles. The number of hydrogen-bond acceptors (Lipinski definition) is 1. The third-order valence-corrected chi connectivity index (χ3v) is 1.87. The van der Waals surface area contributed by atoms with Gasteiger partial charge in [0, 0.05) is 6.20 Å². The van der Waals surface area contributed by atoms with Crippen LogP contribution in [0.2, 0.25) is 0 Å². The van der Waals surface area contributed by atoms with E-state index < -0.39 is 17.3 Å². The molecule has 0 amide bonds. The number of rotatable bonds is 0. The zero-order valence-corrected chi connectivity index (χ0v) is 7.12. The molecule has 1 heterocycles. The fraction of sp³-hybridized carbons (Fsp3) is 0.167. The van der Waals surface area contributed by atoms with Crippen LogP contribution in [0.25, 0.3) is 0 Å². The van der Waals surface area contributed by atoms with Crippen LogP contribution in [0.1, 0.15) is 11.1 Å². The minimum atomic E-state index is -4.48. The second-order valence-corrected chi connectivity index (χ2v) is 2.79. The van der Waals surface area contributed by atoms with Crippen LogP contribution in [0.4, 0.5) is 13.2 Å². The van der Waals surface area contributed by atoms with Crippen molar-refractivity contribution in [2.45, 2.75) is 6.18 Å². The quantitative estimate of drug-likeness (QED) is 0.742. The minimum absolute atomic E-state index is 0.0531. The molecule has 2 nitrogen and oxygen atoms in total. The molecule has 6 heteroatoms. The van der Waals surface area contributed by atoms with E-state index in [1.807, 2.05) is 0 Å². The van der Waals surface area contributed by atoms with Crippen molar-refractivity contribution in [3.8, 4) is 6.07 Å². The first-order valence-electron chi connectivity index (χ1n) is 2.81. The molecule has 64 valence electrons. The topological polar surface area (TPSA) is 39.6 Å². The van der Waals surface area contributed by atoms with Gasteiger partial charge in [0.05, 0.1) is 11.1 Å². The molecule has 0 aromatic carbocycles. The van der Waals surface area contributed by atoms with Crippen LogP contribution in [-0.2, 0) is 6.18 Å². The lowest BCUT2D eigenvalue weighted by atomic mass is 10.2. The molecule has 1 aromatic rings. The largest absolute Gasteiger partial charge is 0.419 e. The van der Waals surface area contributed by atoms with E-state index in [2.05, 4.69) is 20.9 Å². The van der Waals surface area contributed by atoms with Gasteiger partial charge < -0.3 is 4.98 Å². The maximum Gasteiger partial charge on any atom is 0.419 e. The van der Waals surface area contributed by atoms with E-state index in [-0.39, 0.29) is 4.60 Å². The molecule has 0 bridgehead atoms. The van der Waals surface area contributed by atoms with Gasteiger partial charge >= 0.3 is 6.18 Å². The summed E-state index contributed by atoms with van der Waals surface area (Å²) < 4.78 is 36.2. The van der Waals surface area contributed by atoms with Gasteiger partial charge in [-0.3, -0.25) is 0 Å². The maximum atomic E-state index is 12.1. The second-order valence-electron chi connectivity index (χ2n) is 2.00. The molecule has 1 rings (SSSR count). The molecule has 12 heavy (non-hydrogen) atoms. The maximum absolute atomic E-state index is 12.1. The molecule has 0 saturated heterocycles. The zero-order valence-electron chi connectivity index (χ0n) is 5.54. The first-order chi connectivity index (χ1) is 5.46. The van der Waals surface area contributed by atoms with Crippen LogP contribution >= 0.6 is 15.9 Å². The summed E-state index contributed by atoms with van der Waals surface area (Å²) >= 11 is 2.79. The van der Waals surface area contributed by atoms with E-state index >= 15 is 0 Å². The standard InChI is InChI=1S/C6H2BrF3N2/c7-5-3(1-11)4(2-12-5)6(8,9)10/h2,12H. The number of aromatic amines is 1. The van der Waals surface area contributed by atoms with Crippen molar-refractivity contribution >= 4 is 15.9 Å². The lowest BCUT2D eigenvalue weighted by molar-refractivity contribution is -0.137. The molecule has 1 aromatic heterocycles. The van der Waals surface area contributed by atoms with Crippen LogP contribution in [0.15, 0.2) is 10.8 Å². The molecular weight excluding hydrogens is 237 g/mol. The Morgan fingerprint density at radius 2 is 2.08 bits per heavy atom. The summed E-state index contributed by atoms with van der Waals surface area (Å²) in [5.74, 6) is 0. The smallest absolute Gasteiger partial charge is 0.354 e. The van der Waals surface area contributed by atoms with Gasteiger partial charge in [-0.15, -0.1) is 0 Å². The van der Waals surface area contributed by atoms with Gasteiger partial charge in [0.2, 0.25) is 0 Å². The van der Waals surface area contributed by atoms with Crippen molar-refractivity contribution in [2.75, 3.05) is 0 Å². The predicted molar refractivity (Wildman–Crippen MR) is 38.2 cm³/mol. The van der Waals surface area contributed by atoms with Crippen molar-refractivity contribution in [2.24, 2.45) is 0 Å². The average Bonchev–Trinajstić information content (AvgIpc) is 2.29. The summed E-state index contributed by atoms with van der Waals surface area (Å²) in [6.07, 6.45) is -3.73. The molecular formula is C6H2BrF3N2. The fourth-order valence-corrected chi connectivity index (χ4v) is 1.15. The number of alkyl halides is 3. The normalized spacial score (nSPS) is 11.2. The molecule has 1 N–H and O–H groups in total. The molecule has 0 aliphatic carbocycles. The Balaban J connectivity index is 3.28. The Labute approximate surface area is 74.1 Å². The minimum Gasteiger partial charge on any atom is -0.354 e. The van der Waals surface area contributed by atoms with E-state index in [1.54, 1.807) is 0 Å². The molecule has 0 spiro atoms. The fourth-order valence-electron chi connectivity index (χ4n) is 0.731. The van der Waals surface area contributed by atoms with Gasteiger partial charge in [-0.1, -0.05) is 0 Å². The number of nitrogens with one attached hydrogen (secondary N) is 1. The van der Waals surface area contributed by atoms with Crippen molar-refractivity contribution in [1.82, 2.24) is 4.98 Å². The van der Waals surface area contributed by atoms with Crippen LogP contribution in [0.3, 0.4) is 0 Å². The van der Waals surface area contributed by atoms with Gasteiger partial charge in [0.15, 0.2) is 0 Å². The number of aromatic nitrogens is 1. The van der Waals surface area contributed by atoms with Crippen LogP contribution in [0, 0.1) is 11.3 Å². The highest BCUT2D eigenvalue weighted by molar-refractivity contribution is 9.10. The SMILES string of the molecule is N#Cc1c(C(F)(F)F)c[nH]c1Br. The summed E-state index contributed by atoms with van der Waals surface area (Å²) in [6, 6.07) is 1.45. The molecule has 0 aliphatic heterocycles. The number of H-pyrrole nitrogens is 1. The lowest BCUT2D eigenvalue weighted by Gasteiger charge is -2.02. The van der Waals surface area contributed by atoms with E-state index in [4.69, 9.17) is 5.26 Å². The molecule has 0 radical (unpaired) electrons. The summed E-state index contributed by atoms with van der Waals surface area (Å²) in [4.78, 5) is 2.27. The highest BCUT2D eigenvalue weighted by atomic mass is 79.9. The Morgan fingerprint density at radius 1 is 1.50 bits per heavy atom. The molecule has 0 aliphatic rings. The first kappa shape index (κ1) is 9.13. The third kappa shape index (κ3) is 1.46. The average molecular weight is 239 g/mol. The lowest BCUT2D eigenvalue weighted by Crippen LogP contribution is -2.05. The van der Waals surface area contributed by atoms with Gasteiger partial charge in [-0.2, -0.15) is 18.4 Å².